The molecule has 11 rings (SSSR count). The molecule has 0 saturated carbocycles. The second kappa shape index (κ2) is 17.1. The standard InChI is InChI=1S/C59H45NO2.C2H6.Hf/c1-36-32-46(56(61)52(34-36)58(3)48-26-13-9-20-40(48)41-21-10-14-27-49(41)58)38-18-5-7-24-44(38)54-30-17-31-55(60-54)45-25-8-6-19-39(45)47-33-37(2)35-53(57(47)62)59(4)50-28-15-11-22-42(50)43-23-12-16-29-51(43)59;1-2;/h5-35,61-62H,1-4H3;1-2H3;. The Labute approximate surface area is 402 Å². The number of fused-ring (bicyclic) bond motifs is 6. The third kappa shape index (κ3) is 6.76. The molecular weight excluding hydrogens is 957 g/mol. The van der Waals surface area contributed by atoms with Crippen LogP contribution < -0.4 is 0 Å². The van der Waals surface area contributed by atoms with E-state index in [-0.39, 0.29) is 37.3 Å². The molecule has 2 N–H and O–H groups in total. The quantitative estimate of drug-likeness (QED) is 0.163. The van der Waals surface area contributed by atoms with Gasteiger partial charge in [-0.05, 0) is 119 Å². The van der Waals surface area contributed by atoms with Crippen LogP contribution in [0.2, 0.25) is 0 Å². The maximum atomic E-state index is 12.5. The Morgan fingerprint density at radius 2 is 0.600 bits per heavy atom. The van der Waals surface area contributed by atoms with E-state index in [2.05, 4.69) is 179 Å². The Morgan fingerprint density at radius 1 is 0.323 bits per heavy atom. The number of nitrogens with zero attached hydrogens (tertiary/aromatic N) is 1. The van der Waals surface area contributed by atoms with E-state index in [1.165, 1.54) is 44.5 Å². The van der Waals surface area contributed by atoms with Crippen LogP contribution in [0.25, 0.3) is 67.0 Å². The summed E-state index contributed by atoms with van der Waals surface area (Å²) in [6, 6.07) is 65.4. The molecule has 9 aromatic rings. The van der Waals surface area contributed by atoms with Crippen LogP contribution in [0.5, 0.6) is 11.5 Å². The molecule has 0 atom stereocenters. The van der Waals surface area contributed by atoms with E-state index in [1.54, 1.807) is 0 Å². The van der Waals surface area contributed by atoms with E-state index in [1.807, 2.05) is 50.2 Å². The van der Waals surface area contributed by atoms with Crippen molar-refractivity contribution >= 4 is 0 Å². The fourth-order valence-corrected chi connectivity index (χ4v) is 10.8. The smallest absolute Gasteiger partial charge is 0.127 e. The predicted molar refractivity (Wildman–Crippen MR) is 265 cm³/mol. The number of phenols is 2. The first-order valence-corrected chi connectivity index (χ1v) is 22.4. The summed E-state index contributed by atoms with van der Waals surface area (Å²) >= 11 is 0. The van der Waals surface area contributed by atoms with Crippen LogP contribution in [0, 0.1) is 13.8 Å². The molecule has 0 saturated heterocycles. The summed E-state index contributed by atoms with van der Waals surface area (Å²) in [4.78, 5) is 5.37. The number of benzene rings is 8. The Balaban J connectivity index is 0.00000175. The molecule has 2 aliphatic rings. The van der Waals surface area contributed by atoms with Crippen molar-refractivity contribution in [2.45, 2.75) is 52.4 Å². The molecule has 1 heterocycles. The molecule has 0 unspecified atom stereocenters. The molecule has 0 spiro atoms. The number of hydrogen-bond acceptors (Lipinski definition) is 3. The molecular formula is C61H51HfNO2. The molecule has 3 nitrogen and oxygen atoms in total. The minimum absolute atomic E-state index is 0. The minimum Gasteiger partial charge on any atom is -0.507 e. The van der Waals surface area contributed by atoms with Gasteiger partial charge in [-0.25, -0.2) is 4.98 Å². The van der Waals surface area contributed by atoms with Gasteiger partial charge in [0.1, 0.15) is 11.5 Å². The average Bonchev–Trinajstić information content (AvgIpc) is 3.76. The van der Waals surface area contributed by atoms with Crippen LogP contribution >= 0.6 is 0 Å². The molecule has 1 aromatic heterocycles. The second-order valence-corrected chi connectivity index (χ2v) is 17.3. The predicted octanol–water partition coefficient (Wildman–Crippen LogP) is 15.5. The molecule has 2 aliphatic carbocycles. The summed E-state index contributed by atoms with van der Waals surface area (Å²) in [6.45, 7) is 12.7. The number of rotatable bonds is 6. The van der Waals surface area contributed by atoms with Crippen molar-refractivity contribution < 1.29 is 36.1 Å². The van der Waals surface area contributed by atoms with Gasteiger partial charge in [0, 0.05) is 70.1 Å². The van der Waals surface area contributed by atoms with Crippen molar-refractivity contribution in [1.29, 1.82) is 0 Å². The maximum absolute atomic E-state index is 12.5. The topological polar surface area (TPSA) is 53.4 Å². The van der Waals surface area contributed by atoms with Gasteiger partial charge in [-0.2, -0.15) is 0 Å². The SMILES string of the molecule is CC.Cc1cc(-c2ccccc2-c2cccc(-c3ccccc3-c3cc(C)cc(C4(C)c5ccccc5-c5ccccc54)c3O)n2)c(O)c(C2(C)c3ccccc3-c3ccccc32)c1.[Hf]. The average molecular weight is 1010 g/mol. The van der Waals surface area contributed by atoms with Crippen LogP contribution in [0.3, 0.4) is 0 Å². The first kappa shape index (κ1) is 43.6. The minimum atomic E-state index is -0.558. The maximum Gasteiger partial charge on any atom is 0.127 e. The summed E-state index contributed by atoms with van der Waals surface area (Å²) in [6.07, 6.45) is 0. The summed E-state index contributed by atoms with van der Waals surface area (Å²) < 4.78 is 0. The van der Waals surface area contributed by atoms with Gasteiger partial charge >= 0.3 is 0 Å². The number of phenolic OH excluding ortho intramolecular Hbond substituents is 2. The van der Waals surface area contributed by atoms with Crippen LogP contribution in [-0.4, -0.2) is 15.2 Å². The van der Waals surface area contributed by atoms with Gasteiger partial charge < -0.3 is 10.2 Å². The molecule has 65 heavy (non-hydrogen) atoms. The first-order valence-electron chi connectivity index (χ1n) is 22.4. The summed E-state index contributed by atoms with van der Waals surface area (Å²) in [5.74, 6) is 0.538. The Kier molecular flexibility index (Phi) is 11.5. The molecule has 0 bridgehead atoms. The van der Waals surface area contributed by atoms with Crippen molar-refractivity contribution in [3.63, 3.8) is 0 Å². The largest absolute Gasteiger partial charge is 0.507 e. The van der Waals surface area contributed by atoms with Crippen molar-refractivity contribution in [2.24, 2.45) is 0 Å². The van der Waals surface area contributed by atoms with Crippen molar-refractivity contribution in [1.82, 2.24) is 4.98 Å². The normalized spacial score (nSPS) is 13.3. The van der Waals surface area contributed by atoms with Crippen molar-refractivity contribution in [3.05, 3.63) is 233 Å². The van der Waals surface area contributed by atoms with E-state index < -0.39 is 10.8 Å². The molecule has 0 aliphatic heterocycles. The van der Waals surface area contributed by atoms with Gasteiger partial charge in [0.15, 0.2) is 0 Å². The van der Waals surface area contributed by atoms with Crippen molar-refractivity contribution in [3.8, 4) is 78.5 Å². The Hall–Kier alpha value is -6.62. The van der Waals surface area contributed by atoms with E-state index in [0.29, 0.717) is 0 Å². The van der Waals surface area contributed by atoms with Gasteiger partial charge in [-0.15, -0.1) is 0 Å². The fourth-order valence-electron chi connectivity index (χ4n) is 10.8. The van der Waals surface area contributed by atoms with Crippen molar-refractivity contribution in [2.75, 3.05) is 0 Å². The van der Waals surface area contributed by atoms with Gasteiger partial charge in [0.25, 0.3) is 0 Å². The third-order valence-electron chi connectivity index (χ3n) is 13.8. The zero-order valence-electron chi connectivity index (χ0n) is 37.7. The molecule has 0 amide bonds. The fraction of sp³-hybridized carbons (Fsp3) is 0.131. The van der Waals surface area contributed by atoms with Crippen LogP contribution in [0.15, 0.2) is 188 Å². The molecule has 0 fully saturated rings. The number of pyridine rings is 1. The van der Waals surface area contributed by atoms with Gasteiger partial charge in [-0.3, -0.25) is 0 Å². The summed E-state index contributed by atoms with van der Waals surface area (Å²) in [5.41, 5.74) is 19.1. The monoisotopic (exact) mass is 1010 g/mol. The number of hydrogen-bond donors (Lipinski definition) is 2. The zero-order chi connectivity index (χ0) is 44.3. The molecule has 0 radical (unpaired) electrons. The van der Waals surface area contributed by atoms with Gasteiger partial charge in [-0.1, -0.05) is 178 Å². The van der Waals surface area contributed by atoms with E-state index in [9.17, 15) is 10.2 Å². The zero-order valence-corrected chi connectivity index (χ0v) is 41.3. The molecule has 8 aromatic carbocycles. The number of aryl methyl sites for hydroxylation is 2. The number of aromatic nitrogens is 1. The third-order valence-corrected chi connectivity index (χ3v) is 13.8. The Morgan fingerprint density at radius 3 is 0.923 bits per heavy atom. The van der Waals surface area contributed by atoms with Gasteiger partial charge in [0.2, 0.25) is 0 Å². The molecule has 4 heteroatoms. The molecule has 316 valence electrons. The first-order chi connectivity index (χ1) is 31.2. The number of aromatic hydroxyl groups is 2. The Bertz CT molecular complexity index is 2980. The van der Waals surface area contributed by atoms with E-state index in [4.69, 9.17) is 4.98 Å². The second-order valence-electron chi connectivity index (χ2n) is 17.3. The van der Waals surface area contributed by atoms with Gasteiger partial charge in [0.05, 0.1) is 11.4 Å². The summed E-state index contributed by atoms with van der Waals surface area (Å²) in [7, 11) is 0. The van der Waals surface area contributed by atoms with Crippen LogP contribution in [-0.2, 0) is 36.7 Å². The van der Waals surface area contributed by atoms with E-state index in [0.717, 1.165) is 67.0 Å². The van der Waals surface area contributed by atoms with E-state index >= 15 is 0 Å². The van der Waals surface area contributed by atoms with Crippen LogP contribution in [0.4, 0.5) is 0 Å². The summed E-state index contributed by atoms with van der Waals surface area (Å²) in [5, 5.41) is 25.1. The van der Waals surface area contributed by atoms with Crippen LogP contribution in [0.1, 0.15) is 72.2 Å².